The molecule has 0 spiro atoms. The third-order valence-corrected chi connectivity index (χ3v) is 6.81. The average Bonchev–Trinajstić information content (AvgIpc) is 3.27. The molecule has 3 rings (SSSR count). The highest BCUT2D eigenvalue weighted by molar-refractivity contribution is 7.99. The van der Waals surface area contributed by atoms with Crippen LogP contribution >= 0.6 is 11.8 Å². The second kappa shape index (κ2) is 10.5. The first-order chi connectivity index (χ1) is 13.1. The summed E-state index contributed by atoms with van der Waals surface area (Å²) in [5, 5.41) is 9.73. The fraction of sp³-hybridized carbons (Fsp3) is 0.667. The van der Waals surface area contributed by atoms with E-state index in [0.717, 1.165) is 31.0 Å². The maximum Gasteiger partial charge on any atom is 0.245 e. The quantitative estimate of drug-likeness (QED) is 0.352. The number of rotatable bonds is 11. The van der Waals surface area contributed by atoms with Crippen molar-refractivity contribution < 1.29 is 19.5 Å². The molecule has 27 heavy (non-hydrogen) atoms. The van der Waals surface area contributed by atoms with Gasteiger partial charge in [0.1, 0.15) is 0 Å². The lowest BCUT2D eigenvalue weighted by atomic mass is 9.81. The lowest BCUT2D eigenvalue weighted by Crippen LogP contribution is -2.32. The van der Waals surface area contributed by atoms with Crippen molar-refractivity contribution in [2.45, 2.75) is 50.9 Å². The van der Waals surface area contributed by atoms with Gasteiger partial charge in [-0.3, -0.25) is 10.0 Å². The Bertz CT molecular complexity index is 583. The van der Waals surface area contributed by atoms with Crippen molar-refractivity contribution in [2.24, 2.45) is 11.8 Å². The zero-order valence-electron chi connectivity index (χ0n) is 16.1. The first-order valence-corrected chi connectivity index (χ1v) is 11.1. The number of thioether (sulfide) groups is 1. The highest BCUT2D eigenvalue weighted by Crippen LogP contribution is 2.45. The van der Waals surface area contributed by atoms with E-state index in [4.69, 9.17) is 14.7 Å². The van der Waals surface area contributed by atoms with E-state index in [0.29, 0.717) is 42.1 Å². The Balaban J connectivity index is 1.35. The Morgan fingerprint density at radius 1 is 1.22 bits per heavy atom. The SMILES string of the molecule is CN(O)C(=O)CCCCSC[C@@H]1[C@H](COCc2ccccc2)[C@@H]2CC[C@H]1O2. The summed E-state index contributed by atoms with van der Waals surface area (Å²) < 4.78 is 12.2. The van der Waals surface area contributed by atoms with E-state index in [9.17, 15) is 4.79 Å². The van der Waals surface area contributed by atoms with Crippen LogP contribution in [0.15, 0.2) is 30.3 Å². The second-order valence-corrected chi connectivity index (χ2v) is 8.72. The number of carbonyl (C=O) groups excluding carboxylic acids is 1. The summed E-state index contributed by atoms with van der Waals surface area (Å²) in [5.74, 6) is 3.03. The summed E-state index contributed by atoms with van der Waals surface area (Å²) in [7, 11) is 1.38. The van der Waals surface area contributed by atoms with Gasteiger partial charge in [0, 0.05) is 25.3 Å². The maximum absolute atomic E-state index is 11.4. The highest BCUT2D eigenvalue weighted by atomic mass is 32.2. The summed E-state index contributed by atoms with van der Waals surface area (Å²) in [4.78, 5) is 11.4. The summed E-state index contributed by atoms with van der Waals surface area (Å²) in [6.07, 6.45) is 5.37. The van der Waals surface area contributed by atoms with Gasteiger partial charge in [0.25, 0.3) is 0 Å². The van der Waals surface area contributed by atoms with Crippen LogP contribution in [0.5, 0.6) is 0 Å². The van der Waals surface area contributed by atoms with E-state index >= 15 is 0 Å². The van der Waals surface area contributed by atoms with Gasteiger partial charge in [0.05, 0.1) is 25.4 Å². The maximum atomic E-state index is 11.4. The minimum Gasteiger partial charge on any atom is -0.376 e. The largest absolute Gasteiger partial charge is 0.376 e. The van der Waals surface area contributed by atoms with Gasteiger partial charge < -0.3 is 9.47 Å². The fourth-order valence-corrected chi connectivity index (χ4v) is 5.39. The second-order valence-electron chi connectivity index (χ2n) is 7.57. The minimum atomic E-state index is -0.211. The molecular weight excluding hydrogens is 362 g/mol. The highest BCUT2D eigenvalue weighted by Gasteiger charge is 2.48. The van der Waals surface area contributed by atoms with Gasteiger partial charge in [-0.15, -0.1) is 0 Å². The van der Waals surface area contributed by atoms with E-state index in [1.807, 2.05) is 30.0 Å². The molecule has 4 atom stereocenters. The fourth-order valence-electron chi connectivity index (χ4n) is 4.08. The number of hydrogen-bond donors (Lipinski definition) is 1. The molecule has 0 aromatic heterocycles. The Hall–Kier alpha value is -1.08. The number of nitrogens with zero attached hydrogens (tertiary/aromatic N) is 1. The van der Waals surface area contributed by atoms with Gasteiger partial charge in [-0.2, -0.15) is 11.8 Å². The molecule has 1 aromatic carbocycles. The lowest BCUT2D eigenvalue weighted by Gasteiger charge is -2.27. The number of carbonyl (C=O) groups is 1. The first kappa shape index (κ1) is 20.6. The number of hydrogen-bond acceptors (Lipinski definition) is 5. The first-order valence-electron chi connectivity index (χ1n) is 9.95. The van der Waals surface area contributed by atoms with E-state index in [2.05, 4.69) is 12.1 Å². The number of amides is 1. The van der Waals surface area contributed by atoms with Crippen molar-refractivity contribution in [2.75, 3.05) is 25.2 Å². The predicted octanol–water partition coefficient (Wildman–Crippen LogP) is 3.75. The molecule has 0 aliphatic carbocycles. The number of hydroxylamine groups is 2. The lowest BCUT2D eigenvalue weighted by molar-refractivity contribution is -0.159. The Morgan fingerprint density at radius 3 is 2.70 bits per heavy atom. The molecule has 1 aromatic rings. The Morgan fingerprint density at radius 2 is 1.96 bits per heavy atom. The third-order valence-electron chi connectivity index (χ3n) is 5.61. The molecule has 150 valence electrons. The summed E-state index contributed by atoms with van der Waals surface area (Å²) in [5.41, 5.74) is 1.22. The van der Waals surface area contributed by atoms with Crippen molar-refractivity contribution >= 4 is 17.7 Å². The van der Waals surface area contributed by atoms with Crippen molar-refractivity contribution in [3.63, 3.8) is 0 Å². The van der Waals surface area contributed by atoms with Gasteiger partial charge in [-0.1, -0.05) is 30.3 Å². The molecule has 2 bridgehead atoms. The third kappa shape index (κ3) is 5.95. The van der Waals surface area contributed by atoms with Gasteiger partial charge >= 0.3 is 0 Å². The molecular formula is C21H31NO4S. The zero-order valence-corrected chi connectivity index (χ0v) is 16.9. The molecule has 1 N–H and O–H groups in total. The van der Waals surface area contributed by atoms with Gasteiger partial charge in [-0.05, 0) is 42.8 Å². The van der Waals surface area contributed by atoms with Crippen LogP contribution in [0.3, 0.4) is 0 Å². The summed E-state index contributed by atoms with van der Waals surface area (Å²) in [6, 6.07) is 10.3. The molecule has 6 heteroatoms. The predicted molar refractivity (Wildman–Crippen MR) is 107 cm³/mol. The van der Waals surface area contributed by atoms with E-state index in [1.165, 1.54) is 25.5 Å². The summed E-state index contributed by atoms with van der Waals surface area (Å²) >= 11 is 1.96. The summed E-state index contributed by atoms with van der Waals surface area (Å²) in [6.45, 7) is 1.44. The molecule has 0 saturated carbocycles. The van der Waals surface area contributed by atoms with Crippen LogP contribution in [0, 0.1) is 11.8 Å². The number of fused-ring (bicyclic) bond motifs is 2. The molecule has 2 aliphatic heterocycles. The van der Waals surface area contributed by atoms with Crippen LogP contribution in [-0.4, -0.2) is 53.5 Å². The van der Waals surface area contributed by atoms with Crippen LogP contribution in [0.4, 0.5) is 0 Å². The van der Waals surface area contributed by atoms with Gasteiger partial charge in [0.15, 0.2) is 0 Å². The van der Waals surface area contributed by atoms with Crippen LogP contribution in [0.1, 0.15) is 37.7 Å². The Labute approximate surface area is 166 Å². The van der Waals surface area contributed by atoms with Crippen LogP contribution in [0.25, 0.3) is 0 Å². The molecule has 1 amide bonds. The van der Waals surface area contributed by atoms with Gasteiger partial charge in [0.2, 0.25) is 5.91 Å². The number of benzene rings is 1. The number of unbranched alkanes of at least 4 members (excludes halogenated alkanes) is 1. The van der Waals surface area contributed by atoms with Crippen LogP contribution < -0.4 is 0 Å². The van der Waals surface area contributed by atoms with Crippen molar-refractivity contribution in [1.82, 2.24) is 5.06 Å². The minimum absolute atomic E-state index is 0.211. The van der Waals surface area contributed by atoms with Gasteiger partial charge in [-0.25, -0.2) is 5.06 Å². The zero-order chi connectivity index (χ0) is 19.1. The molecule has 0 unspecified atom stereocenters. The van der Waals surface area contributed by atoms with Crippen molar-refractivity contribution in [3.8, 4) is 0 Å². The van der Waals surface area contributed by atoms with Crippen LogP contribution in [0.2, 0.25) is 0 Å². The monoisotopic (exact) mass is 393 g/mol. The molecule has 2 saturated heterocycles. The molecule has 2 aliphatic rings. The number of ether oxygens (including phenoxy) is 2. The van der Waals surface area contributed by atoms with E-state index in [1.54, 1.807) is 0 Å². The topological polar surface area (TPSA) is 59.0 Å². The van der Waals surface area contributed by atoms with E-state index in [-0.39, 0.29) is 5.91 Å². The molecule has 0 radical (unpaired) electrons. The van der Waals surface area contributed by atoms with Crippen LogP contribution in [-0.2, 0) is 20.9 Å². The molecule has 2 fully saturated rings. The average molecular weight is 394 g/mol. The molecule has 5 nitrogen and oxygen atoms in total. The molecule has 2 heterocycles. The van der Waals surface area contributed by atoms with Crippen molar-refractivity contribution in [3.05, 3.63) is 35.9 Å². The normalized spacial score (nSPS) is 26.4. The smallest absolute Gasteiger partial charge is 0.245 e. The Kier molecular flexibility index (Phi) is 8.00. The van der Waals surface area contributed by atoms with E-state index < -0.39 is 0 Å². The standard InChI is InChI=1S/C21H31NO4S/c1-22(24)21(23)9-5-6-12-27-15-18-17(19-10-11-20(18)26-19)14-25-13-16-7-3-2-4-8-16/h2-4,7-8,17-20,24H,5-6,9-15H2,1H3/t17-,18+,19-,20+/m0/s1. The van der Waals surface area contributed by atoms with Crippen molar-refractivity contribution in [1.29, 1.82) is 0 Å².